The molecule has 1 aliphatic rings. The fourth-order valence-electron chi connectivity index (χ4n) is 1.74. The van der Waals surface area contributed by atoms with E-state index in [1.165, 1.54) is 11.3 Å². The summed E-state index contributed by atoms with van der Waals surface area (Å²) in [6, 6.07) is 1.73. The van der Waals surface area contributed by atoms with Crippen molar-refractivity contribution in [3.05, 3.63) is 16.3 Å². The largest absolute Gasteiger partial charge is 0.496 e. The van der Waals surface area contributed by atoms with Crippen LogP contribution in [0.1, 0.15) is 22.5 Å². The molecule has 2 rings (SSSR count). The molecule has 0 radical (unpaired) electrons. The van der Waals surface area contributed by atoms with Crippen molar-refractivity contribution >= 4 is 17.2 Å². The maximum absolute atomic E-state index is 11.7. The molecule has 1 aliphatic carbocycles. The first kappa shape index (κ1) is 11.4. The minimum Gasteiger partial charge on any atom is -0.496 e. The van der Waals surface area contributed by atoms with Crippen molar-refractivity contribution < 1.29 is 14.6 Å². The van der Waals surface area contributed by atoms with E-state index in [9.17, 15) is 4.79 Å². The van der Waals surface area contributed by atoms with Crippen molar-refractivity contribution in [1.82, 2.24) is 5.32 Å². The fraction of sp³-hybridized carbons (Fsp3) is 0.545. The van der Waals surface area contributed by atoms with Crippen LogP contribution in [0, 0.1) is 5.92 Å². The summed E-state index contributed by atoms with van der Waals surface area (Å²) in [4.78, 5) is 12.3. The summed E-state index contributed by atoms with van der Waals surface area (Å²) in [6.45, 7) is 0.649. The molecule has 0 aliphatic heterocycles. The van der Waals surface area contributed by atoms with E-state index >= 15 is 0 Å². The summed E-state index contributed by atoms with van der Waals surface area (Å²) in [7, 11) is 1.58. The molecule has 5 heteroatoms. The van der Waals surface area contributed by atoms with Crippen LogP contribution >= 0.6 is 11.3 Å². The predicted octanol–water partition coefficient (Wildman–Crippen LogP) is 1.26. The van der Waals surface area contributed by atoms with Crippen molar-refractivity contribution in [3.63, 3.8) is 0 Å². The number of hydrogen-bond acceptors (Lipinski definition) is 4. The van der Waals surface area contributed by atoms with Crippen molar-refractivity contribution in [2.24, 2.45) is 5.92 Å². The summed E-state index contributed by atoms with van der Waals surface area (Å²) in [5.74, 6) is 1.09. The van der Waals surface area contributed by atoms with Crippen LogP contribution < -0.4 is 10.1 Å². The molecule has 0 atom stereocenters. The Bertz CT molecular complexity index is 371. The lowest BCUT2D eigenvalue weighted by Crippen LogP contribution is -2.38. The first-order valence-electron chi connectivity index (χ1n) is 5.28. The van der Waals surface area contributed by atoms with E-state index in [-0.39, 0.29) is 12.0 Å². The number of methoxy groups -OCH3 is 1. The van der Waals surface area contributed by atoms with Gasteiger partial charge in [0.25, 0.3) is 5.91 Å². The molecule has 0 aromatic carbocycles. The maximum atomic E-state index is 11.7. The number of aliphatic hydroxyl groups is 1. The number of ether oxygens (including phenoxy) is 1. The van der Waals surface area contributed by atoms with E-state index in [4.69, 9.17) is 9.84 Å². The fourth-order valence-corrected chi connectivity index (χ4v) is 2.51. The molecule has 1 aromatic rings. The third-order valence-corrected chi connectivity index (χ3v) is 3.70. The number of rotatable bonds is 4. The van der Waals surface area contributed by atoms with Gasteiger partial charge >= 0.3 is 0 Å². The van der Waals surface area contributed by atoms with Gasteiger partial charge in [-0.2, -0.15) is 0 Å². The Morgan fingerprint density at radius 1 is 1.69 bits per heavy atom. The minimum atomic E-state index is -0.163. The highest BCUT2D eigenvalue weighted by Crippen LogP contribution is 2.26. The van der Waals surface area contributed by atoms with E-state index in [0.717, 1.165) is 12.8 Å². The number of aliphatic hydroxyl groups excluding tert-OH is 1. The second-order valence-electron chi connectivity index (χ2n) is 4.05. The lowest BCUT2D eigenvalue weighted by Gasteiger charge is -2.31. The van der Waals surface area contributed by atoms with Crippen LogP contribution in [-0.4, -0.2) is 30.8 Å². The van der Waals surface area contributed by atoms with Gasteiger partial charge in [-0.05, 0) is 18.8 Å². The first-order chi connectivity index (χ1) is 7.69. The Labute approximate surface area is 98.2 Å². The average molecular weight is 241 g/mol. The van der Waals surface area contributed by atoms with Gasteiger partial charge in [0, 0.05) is 18.0 Å². The van der Waals surface area contributed by atoms with Crippen LogP contribution in [-0.2, 0) is 0 Å². The van der Waals surface area contributed by atoms with Crippen LogP contribution in [0.25, 0.3) is 0 Å². The highest BCUT2D eigenvalue weighted by Gasteiger charge is 2.27. The van der Waals surface area contributed by atoms with Crippen molar-refractivity contribution in [2.45, 2.75) is 18.9 Å². The molecule has 16 heavy (non-hydrogen) atoms. The molecule has 1 aromatic heterocycles. The third-order valence-electron chi connectivity index (χ3n) is 2.80. The molecule has 0 saturated heterocycles. The Kier molecular flexibility index (Phi) is 3.46. The van der Waals surface area contributed by atoms with Crippen LogP contribution in [0.5, 0.6) is 5.75 Å². The van der Waals surface area contributed by atoms with Gasteiger partial charge in [-0.15, -0.1) is 11.3 Å². The van der Waals surface area contributed by atoms with Gasteiger partial charge < -0.3 is 15.2 Å². The lowest BCUT2D eigenvalue weighted by atomic mass is 9.82. The zero-order valence-electron chi connectivity index (χ0n) is 9.10. The molecular formula is C11H15NO3S. The molecule has 0 unspecified atom stereocenters. The van der Waals surface area contributed by atoms with Gasteiger partial charge in [-0.1, -0.05) is 0 Å². The Hall–Kier alpha value is -1.07. The third kappa shape index (κ3) is 2.54. The van der Waals surface area contributed by atoms with E-state index in [1.807, 2.05) is 5.38 Å². The number of hydrogen-bond donors (Lipinski definition) is 2. The topological polar surface area (TPSA) is 58.6 Å². The zero-order valence-corrected chi connectivity index (χ0v) is 9.92. The summed E-state index contributed by atoms with van der Waals surface area (Å²) in [5, 5.41) is 13.8. The number of thiophene rings is 1. The lowest BCUT2D eigenvalue weighted by molar-refractivity contribution is 0.0420. The highest BCUT2D eigenvalue weighted by atomic mass is 32.1. The standard InChI is InChI=1S/C11H15NO3S/c1-15-9-4-10(16-6-9)11(14)12-5-7-2-8(13)3-7/h4,6-8,13H,2-3,5H2,1H3,(H,12,14). The molecule has 88 valence electrons. The number of nitrogens with one attached hydrogen (secondary N) is 1. The van der Waals surface area contributed by atoms with Crippen LogP contribution in [0.15, 0.2) is 11.4 Å². The smallest absolute Gasteiger partial charge is 0.261 e. The predicted molar refractivity (Wildman–Crippen MR) is 61.9 cm³/mol. The zero-order chi connectivity index (χ0) is 11.5. The van der Waals surface area contributed by atoms with Crippen molar-refractivity contribution in [1.29, 1.82) is 0 Å². The minimum absolute atomic E-state index is 0.0605. The monoisotopic (exact) mass is 241 g/mol. The van der Waals surface area contributed by atoms with Gasteiger partial charge in [0.05, 0.1) is 18.1 Å². The second kappa shape index (κ2) is 4.84. The van der Waals surface area contributed by atoms with Gasteiger partial charge in [0.1, 0.15) is 5.75 Å². The normalized spacial score (nSPS) is 23.6. The molecule has 1 fully saturated rings. The van der Waals surface area contributed by atoms with E-state index in [1.54, 1.807) is 13.2 Å². The van der Waals surface area contributed by atoms with Gasteiger partial charge in [-0.3, -0.25) is 4.79 Å². The average Bonchev–Trinajstić information content (AvgIpc) is 2.70. The maximum Gasteiger partial charge on any atom is 0.261 e. The Balaban J connectivity index is 1.79. The Morgan fingerprint density at radius 2 is 2.44 bits per heavy atom. The quantitative estimate of drug-likeness (QED) is 0.834. The van der Waals surface area contributed by atoms with Gasteiger partial charge in [-0.25, -0.2) is 0 Å². The molecule has 1 saturated carbocycles. The molecular weight excluding hydrogens is 226 g/mol. The summed E-state index contributed by atoms with van der Waals surface area (Å²) < 4.78 is 5.01. The first-order valence-corrected chi connectivity index (χ1v) is 6.15. The second-order valence-corrected chi connectivity index (χ2v) is 4.96. The van der Waals surface area contributed by atoms with Gasteiger partial charge in [0.15, 0.2) is 0 Å². The summed E-state index contributed by atoms with van der Waals surface area (Å²) in [6.07, 6.45) is 1.44. The van der Waals surface area contributed by atoms with E-state index in [0.29, 0.717) is 23.1 Å². The van der Waals surface area contributed by atoms with Crippen LogP contribution in [0.2, 0.25) is 0 Å². The van der Waals surface area contributed by atoms with Gasteiger partial charge in [0.2, 0.25) is 0 Å². The molecule has 1 amide bonds. The molecule has 1 heterocycles. The SMILES string of the molecule is COc1csc(C(=O)NCC2CC(O)C2)c1. The highest BCUT2D eigenvalue weighted by molar-refractivity contribution is 7.12. The number of amides is 1. The molecule has 0 bridgehead atoms. The van der Waals surface area contributed by atoms with E-state index in [2.05, 4.69) is 5.32 Å². The van der Waals surface area contributed by atoms with Crippen LogP contribution in [0.3, 0.4) is 0 Å². The van der Waals surface area contributed by atoms with E-state index < -0.39 is 0 Å². The Morgan fingerprint density at radius 3 is 3.00 bits per heavy atom. The molecule has 0 spiro atoms. The van der Waals surface area contributed by atoms with Crippen LogP contribution in [0.4, 0.5) is 0 Å². The molecule has 2 N–H and O–H groups in total. The number of carbonyl (C=O) groups excluding carboxylic acids is 1. The molecule has 4 nitrogen and oxygen atoms in total. The summed E-state index contributed by atoms with van der Waals surface area (Å²) >= 11 is 1.37. The number of carbonyl (C=O) groups is 1. The summed E-state index contributed by atoms with van der Waals surface area (Å²) in [5.41, 5.74) is 0. The van der Waals surface area contributed by atoms with Crippen molar-refractivity contribution in [2.75, 3.05) is 13.7 Å². The van der Waals surface area contributed by atoms with Crippen molar-refractivity contribution in [3.8, 4) is 5.75 Å².